The van der Waals surface area contributed by atoms with Crippen molar-refractivity contribution in [3.8, 4) is 11.3 Å². The first kappa shape index (κ1) is 17.7. The van der Waals surface area contributed by atoms with Crippen LogP contribution in [0.5, 0.6) is 0 Å². The Labute approximate surface area is 151 Å². The molecule has 8 nitrogen and oxygen atoms in total. The standard InChI is InChI=1S/C18H23N7O/c1-6-25-12(3)11(2)20-18(25)22-21-16-15(23-24(5)17(16)26)13-8-7-9-14(10-13)19-4/h7-10,19,23H,6H2,1-5H3. The average molecular weight is 353 g/mol. The van der Waals surface area contributed by atoms with Crippen LogP contribution < -0.4 is 10.9 Å². The van der Waals surface area contributed by atoms with E-state index in [2.05, 4.69) is 25.6 Å². The van der Waals surface area contributed by atoms with Crippen LogP contribution in [0.25, 0.3) is 11.3 Å². The molecule has 0 saturated carbocycles. The SMILES string of the molecule is CCn1c(N=Nc2c(-c3cccc(NC)c3)[nH]n(C)c2=O)nc(C)c1C. The number of imidazole rings is 1. The summed E-state index contributed by atoms with van der Waals surface area (Å²) in [6.45, 7) is 6.69. The van der Waals surface area contributed by atoms with Crippen LogP contribution in [0.2, 0.25) is 0 Å². The van der Waals surface area contributed by atoms with Crippen molar-refractivity contribution in [3.05, 3.63) is 46.0 Å². The molecule has 3 rings (SSSR count). The number of anilines is 1. The third-order valence-electron chi connectivity index (χ3n) is 4.46. The van der Waals surface area contributed by atoms with Crippen LogP contribution >= 0.6 is 0 Å². The van der Waals surface area contributed by atoms with Gasteiger partial charge in [-0.1, -0.05) is 12.1 Å². The molecule has 2 N–H and O–H groups in total. The number of hydrogen-bond donors (Lipinski definition) is 2. The van der Waals surface area contributed by atoms with Crippen molar-refractivity contribution >= 4 is 17.3 Å². The van der Waals surface area contributed by atoms with Crippen molar-refractivity contribution in [2.75, 3.05) is 12.4 Å². The molecule has 0 atom stereocenters. The molecule has 26 heavy (non-hydrogen) atoms. The summed E-state index contributed by atoms with van der Waals surface area (Å²) in [5, 5.41) is 14.7. The van der Waals surface area contributed by atoms with Gasteiger partial charge in [0.1, 0.15) is 0 Å². The Balaban J connectivity index is 2.09. The number of rotatable bonds is 5. The fraction of sp³-hybridized carbons (Fsp3) is 0.333. The van der Waals surface area contributed by atoms with Gasteiger partial charge in [-0.15, -0.1) is 10.2 Å². The molecule has 1 aromatic carbocycles. The van der Waals surface area contributed by atoms with E-state index in [1.165, 1.54) is 4.68 Å². The molecule has 8 heteroatoms. The van der Waals surface area contributed by atoms with Gasteiger partial charge in [0.05, 0.1) is 11.4 Å². The Kier molecular flexibility index (Phi) is 4.75. The van der Waals surface area contributed by atoms with Gasteiger partial charge in [-0.05, 0) is 32.9 Å². The lowest BCUT2D eigenvalue weighted by molar-refractivity contribution is 0.732. The highest BCUT2D eigenvalue weighted by Crippen LogP contribution is 2.29. The first-order valence-corrected chi connectivity index (χ1v) is 8.48. The minimum Gasteiger partial charge on any atom is -0.388 e. The van der Waals surface area contributed by atoms with E-state index in [1.54, 1.807) is 7.05 Å². The second kappa shape index (κ2) is 6.99. The lowest BCUT2D eigenvalue weighted by Gasteiger charge is -2.04. The number of azo groups is 1. The molecule has 0 saturated heterocycles. The molecule has 0 amide bonds. The summed E-state index contributed by atoms with van der Waals surface area (Å²) in [6.07, 6.45) is 0. The van der Waals surface area contributed by atoms with Crippen molar-refractivity contribution < 1.29 is 0 Å². The Bertz CT molecular complexity index is 1020. The van der Waals surface area contributed by atoms with Crippen molar-refractivity contribution in [1.82, 2.24) is 19.3 Å². The Morgan fingerprint density at radius 2 is 2.04 bits per heavy atom. The van der Waals surface area contributed by atoms with Crippen LogP contribution in [0.1, 0.15) is 18.3 Å². The van der Waals surface area contributed by atoms with E-state index >= 15 is 0 Å². The predicted octanol–water partition coefficient (Wildman–Crippen LogP) is 3.67. The van der Waals surface area contributed by atoms with E-state index in [4.69, 9.17) is 0 Å². The van der Waals surface area contributed by atoms with Crippen LogP contribution in [0.3, 0.4) is 0 Å². The van der Waals surface area contributed by atoms with Gasteiger partial charge in [-0.2, -0.15) is 0 Å². The smallest absolute Gasteiger partial charge is 0.294 e. The van der Waals surface area contributed by atoms with Gasteiger partial charge in [-0.25, -0.2) is 4.98 Å². The number of aromatic amines is 1. The zero-order valence-electron chi connectivity index (χ0n) is 15.7. The first-order valence-electron chi connectivity index (χ1n) is 8.48. The number of aromatic nitrogens is 4. The summed E-state index contributed by atoms with van der Waals surface area (Å²) in [7, 11) is 3.51. The monoisotopic (exact) mass is 353 g/mol. The molecule has 0 aliphatic heterocycles. The lowest BCUT2D eigenvalue weighted by atomic mass is 10.1. The molecule has 2 heterocycles. The molecule has 0 spiro atoms. The number of benzene rings is 1. The molecular formula is C18H23N7O. The summed E-state index contributed by atoms with van der Waals surface area (Å²) >= 11 is 0. The van der Waals surface area contributed by atoms with Crippen molar-refractivity contribution in [1.29, 1.82) is 0 Å². The third kappa shape index (κ3) is 3.05. The lowest BCUT2D eigenvalue weighted by Crippen LogP contribution is -2.10. The molecule has 0 radical (unpaired) electrons. The summed E-state index contributed by atoms with van der Waals surface area (Å²) in [6, 6.07) is 7.75. The molecule has 0 aliphatic rings. The zero-order valence-corrected chi connectivity index (χ0v) is 15.7. The normalized spacial score (nSPS) is 11.4. The molecule has 3 aromatic rings. The van der Waals surface area contributed by atoms with E-state index in [1.807, 2.05) is 56.7 Å². The summed E-state index contributed by atoms with van der Waals surface area (Å²) < 4.78 is 3.37. The largest absolute Gasteiger partial charge is 0.388 e. The van der Waals surface area contributed by atoms with Crippen LogP contribution in [0.4, 0.5) is 17.3 Å². The maximum absolute atomic E-state index is 12.5. The van der Waals surface area contributed by atoms with Gasteiger partial charge in [0, 0.05) is 37.6 Å². The maximum atomic E-state index is 12.5. The number of H-pyrrole nitrogens is 1. The van der Waals surface area contributed by atoms with Crippen molar-refractivity contribution in [2.45, 2.75) is 27.3 Å². The van der Waals surface area contributed by atoms with Gasteiger partial charge >= 0.3 is 0 Å². The van der Waals surface area contributed by atoms with Crippen molar-refractivity contribution in [3.63, 3.8) is 0 Å². The second-order valence-corrected chi connectivity index (χ2v) is 6.06. The predicted molar refractivity (Wildman–Crippen MR) is 103 cm³/mol. The third-order valence-corrected chi connectivity index (χ3v) is 4.46. The zero-order chi connectivity index (χ0) is 18.8. The number of hydrogen-bond acceptors (Lipinski definition) is 5. The Morgan fingerprint density at radius 3 is 2.73 bits per heavy atom. The van der Waals surface area contributed by atoms with Gasteiger partial charge < -0.3 is 9.88 Å². The summed E-state index contributed by atoms with van der Waals surface area (Å²) in [4.78, 5) is 16.9. The number of nitrogens with one attached hydrogen (secondary N) is 2. The highest BCUT2D eigenvalue weighted by molar-refractivity contribution is 5.74. The van der Waals surface area contributed by atoms with Crippen LogP contribution in [-0.2, 0) is 13.6 Å². The first-order chi connectivity index (χ1) is 12.5. The Morgan fingerprint density at radius 1 is 1.27 bits per heavy atom. The molecule has 136 valence electrons. The fourth-order valence-corrected chi connectivity index (χ4v) is 2.85. The van der Waals surface area contributed by atoms with E-state index in [0.717, 1.165) is 29.2 Å². The fourth-order valence-electron chi connectivity index (χ4n) is 2.85. The number of nitrogens with zero attached hydrogens (tertiary/aromatic N) is 5. The Hall–Kier alpha value is -3.16. The average Bonchev–Trinajstić information content (AvgIpc) is 3.09. The summed E-state index contributed by atoms with van der Waals surface area (Å²) in [5.41, 5.74) is 4.41. The molecule has 0 aliphatic carbocycles. The molecule has 0 unspecified atom stereocenters. The summed E-state index contributed by atoms with van der Waals surface area (Å²) in [5.74, 6) is 0.501. The van der Waals surface area contributed by atoms with E-state index in [9.17, 15) is 4.79 Å². The molecule has 2 aromatic heterocycles. The van der Waals surface area contributed by atoms with Gasteiger partial charge in [0.25, 0.3) is 5.56 Å². The number of aryl methyl sites for hydroxylation is 2. The topological polar surface area (TPSA) is 92.4 Å². The minimum atomic E-state index is -0.235. The van der Waals surface area contributed by atoms with Crippen molar-refractivity contribution in [2.24, 2.45) is 17.3 Å². The van der Waals surface area contributed by atoms with Gasteiger partial charge in [0.2, 0.25) is 5.95 Å². The van der Waals surface area contributed by atoms with Gasteiger partial charge in [-0.3, -0.25) is 14.6 Å². The van der Waals surface area contributed by atoms with E-state index in [0.29, 0.717) is 11.6 Å². The van der Waals surface area contributed by atoms with Gasteiger partial charge in [0.15, 0.2) is 5.69 Å². The quantitative estimate of drug-likeness (QED) is 0.685. The second-order valence-electron chi connectivity index (χ2n) is 6.06. The molecule has 0 bridgehead atoms. The molecule has 0 fully saturated rings. The van der Waals surface area contributed by atoms with E-state index < -0.39 is 0 Å². The highest BCUT2D eigenvalue weighted by Gasteiger charge is 2.15. The van der Waals surface area contributed by atoms with Crippen LogP contribution in [0.15, 0.2) is 39.3 Å². The van der Waals surface area contributed by atoms with E-state index in [-0.39, 0.29) is 11.2 Å². The highest BCUT2D eigenvalue weighted by atomic mass is 16.1. The van der Waals surface area contributed by atoms with Crippen LogP contribution in [-0.4, -0.2) is 26.4 Å². The minimum absolute atomic E-state index is 0.235. The van der Waals surface area contributed by atoms with Crippen LogP contribution in [0, 0.1) is 13.8 Å². The molecular weight excluding hydrogens is 330 g/mol. The maximum Gasteiger partial charge on any atom is 0.294 e.